The lowest BCUT2D eigenvalue weighted by Crippen LogP contribution is -2.68. The third-order valence-electron chi connectivity index (χ3n) is 4.98. The average Bonchev–Trinajstić information content (AvgIpc) is 2.39. The minimum Gasteiger partial charge on any atom is -0.378 e. The first-order valence-corrected chi connectivity index (χ1v) is 8.25. The second-order valence-electron chi connectivity index (χ2n) is 6.21. The fraction of sp³-hybridized carbons (Fsp3) is 0.625. The van der Waals surface area contributed by atoms with Crippen LogP contribution in [0.5, 0.6) is 0 Å². The van der Waals surface area contributed by atoms with Gasteiger partial charge in [0.25, 0.3) is 0 Å². The minimum absolute atomic E-state index is 0.155. The highest BCUT2D eigenvalue weighted by Gasteiger charge is 2.59. The average molecular weight is 324 g/mol. The van der Waals surface area contributed by atoms with E-state index >= 15 is 0 Å². The van der Waals surface area contributed by atoms with Crippen molar-refractivity contribution >= 4 is 23.3 Å². The Hall–Kier alpha value is -1.33. The fourth-order valence-corrected chi connectivity index (χ4v) is 3.82. The number of nitrogens with one attached hydrogen (secondary N) is 2. The van der Waals surface area contributed by atoms with E-state index in [0.717, 1.165) is 31.6 Å². The predicted octanol–water partition coefficient (Wildman–Crippen LogP) is 3.51. The molecule has 1 heterocycles. The Morgan fingerprint density at radius 2 is 2.27 bits per heavy atom. The lowest BCUT2D eigenvalue weighted by Gasteiger charge is -2.60. The molecule has 1 spiro atoms. The van der Waals surface area contributed by atoms with Gasteiger partial charge in [0.2, 0.25) is 0 Å². The summed E-state index contributed by atoms with van der Waals surface area (Å²) in [5.74, 6) is 0. The van der Waals surface area contributed by atoms with E-state index < -0.39 is 0 Å². The number of carbonyl (C=O) groups is 1. The summed E-state index contributed by atoms with van der Waals surface area (Å²) < 4.78 is 5.80. The summed E-state index contributed by atoms with van der Waals surface area (Å²) in [7, 11) is 0. The van der Waals surface area contributed by atoms with Gasteiger partial charge in [-0.15, -0.1) is 0 Å². The van der Waals surface area contributed by atoms with Crippen molar-refractivity contribution in [1.29, 1.82) is 0 Å². The van der Waals surface area contributed by atoms with Crippen molar-refractivity contribution in [1.82, 2.24) is 10.3 Å². The molecule has 22 heavy (non-hydrogen) atoms. The molecule has 2 unspecified atom stereocenters. The molecule has 2 atom stereocenters. The quantitative estimate of drug-likeness (QED) is 0.833. The first kappa shape index (κ1) is 15.6. The molecule has 2 amide bonds. The van der Waals surface area contributed by atoms with E-state index in [1.807, 2.05) is 19.9 Å². The van der Waals surface area contributed by atoms with Crippen LogP contribution in [0.15, 0.2) is 12.1 Å². The van der Waals surface area contributed by atoms with Gasteiger partial charge in [-0.2, -0.15) is 0 Å². The van der Waals surface area contributed by atoms with Crippen molar-refractivity contribution in [3.05, 3.63) is 23.0 Å². The van der Waals surface area contributed by atoms with E-state index in [0.29, 0.717) is 16.9 Å². The van der Waals surface area contributed by atoms with Gasteiger partial charge in [0.05, 0.1) is 11.8 Å². The van der Waals surface area contributed by atoms with E-state index in [9.17, 15) is 4.79 Å². The first-order chi connectivity index (χ1) is 10.5. The second kappa shape index (κ2) is 6.05. The van der Waals surface area contributed by atoms with Gasteiger partial charge >= 0.3 is 6.03 Å². The highest BCUT2D eigenvalue weighted by Crippen LogP contribution is 2.57. The molecule has 5 nitrogen and oxygen atoms in total. The summed E-state index contributed by atoms with van der Waals surface area (Å²) in [6.07, 6.45) is 4.67. The number of ether oxygens (including phenoxy) is 1. The second-order valence-corrected chi connectivity index (χ2v) is 6.57. The standard InChI is InChI=1S/C16H22ClN3O2/c1-3-22-13-9-12(16(13)7-4-8-16)20-15(21)19-11-6-5-10(2)18-14(11)17/h5-6,12-13H,3-4,7-9H2,1-2H3,(H2,19,20,21). The summed E-state index contributed by atoms with van der Waals surface area (Å²) in [6, 6.07) is 3.56. The molecule has 2 fully saturated rings. The number of pyridine rings is 1. The van der Waals surface area contributed by atoms with Crippen molar-refractivity contribution in [3.8, 4) is 0 Å². The minimum atomic E-state index is -0.223. The van der Waals surface area contributed by atoms with Crippen molar-refractivity contribution in [2.45, 2.75) is 51.7 Å². The molecular weight excluding hydrogens is 302 g/mol. The Labute approximate surface area is 135 Å². The third-order valence-corrected chi connectivity index (χ3v) is 5.27. The maximum Gasteiger partial charge on any atom is 0.319 e. The number of aromatic nitrogens is 1. The zero-order chi connectivity index (χ0) is 15.7. The monoisotopic (exact) mass is 323 g/mol. The number of anilines is 1. The predicted molar refractivity (Wildman–Crippen MR) is 86.2 cm³/mol. The lowest BCUT2D eigenvalue weighted by atomic mass is 9.51. The van der Waals surface area contributed by atoms with E-state index in [1.165, 1.54) is 6.42 Å². The molecule has 2 aliphatic carbocycles. The van der Waals surface area contributed by atoms with Gasteiger partial charge in [0.15, 0.2) is 5.15 Å². The Morgan fingerprint density at radius 3 is 2.86 bits per heavy atom. The molecule has 120 valence electrons. The van der Waals surface area contributed by atoms with Crippen LogP contribution in [0.3, 0.4) is 0 Å². The number of amides is 2. The lowest BCUT2D eigenvalue weighted by molar-refractivity contribution is -0.169. The molecule has 2 aliphatic rings. The van der Waals surface area contributed by atoms with Gasteiger partial charge in [-0.05, 0) is 45.2 Å². The summed E-state index contributed by atoms with van der Waals surface area (Å²) in [4.78, 5) is 16.3. The Kier molecular flexibility index (Phi) is 4.28. The number of carbonyl (C=O) groups excluding carboxylic acids is 1. The summed E-state index contributed by atoms with van der Waals surface area (Å²) in [5.41, 5.74) is 1.51. The van der Waals surface area contributed by atoms with Gasteiger partial charge in [-0.25, -0.2) is 9.78 Å². The molecule has 1 aromatic rings. The smallest absolute Gasteiger partial charge is 0.319 e. The number of rotatable bonds is 4. The molecule has 0 bridgehead atoms. The summed E-state index contributed by atoms with van der Waals surface area (Å²) >= 11 is 6.04. The zero-order valence-electron chi connectivity index (χ0n) is 13.0. The van der Waals surface area contributed by atoms with Crippen LogP contribution in [0.4, 0.5) is 10.5 Å². The highest BCUT2D eigenvalue weighted by atomic mass is 35.5. The van der Waals surface area contributed by atoms with Gasteiger partial charge in [-0.1, -0.05) is 18.0 Å². The van der Waals surface area contributed by atoms with Crippen LogP contribution < -0.4 is 10.6 Å². The third kappa shape index (κ3) is 2.68. The van der Waals surface area contributed by atoms with Crippen LogP contribution in [-0.4, -0.2) is 29.8 Å². The van der Waals surface area contributed by atoms with Crippen LogP contribution in [0.25, 0.3) is 0 Å². The molecular formula is C16H22ClN3O2. The van der Waals surface area contributed by atoms with E-state index in [4.69, 9.17) is 16.3 Å². The topological polar surface area (TPSA) is 63.2 Å². The number of nitrogens with zero attached hydrogens (tertiary/aromatic N) is 1. The van der Waals surface area contributed by atoms with Crippen LogP contribution in [0.1, 0.15) is 38.3 Å². The zero-order valence-corrected chi connectivity index (χ0v) is 13.7. The Morgan fingerprint density at radius 1 is 1.50 bits per heavy atom. The number of hydrogen-bond acceptors (Lipinski definition) is 3. The first-order valence-electron chi connectivity index (χ1n) is 7.87. The van der Waals surface area contributed by atoms with Gasteiger partial charge in [-0.3, -0.25) is 0 Å². The highest BCUT2D eigenvalue weighted by molar-refractivity contribution is 6.32. The number of hydrogen-bond donors (Lipinski definition) is 2. The molecule has 0 aromatic carbocycles. The molecule has 1 aromatic heterocycles. The van der Waals surface area contributed by atoms with E-state index in [1.54, 1.807) is 6.07 Å². The molecule has 0 aliphatic heterocycles. The Bertz CT molecular complexity index is 575. The van der Waals surface area contributed by atoms with Gasteiger partial charge < -0.3 is 15.4 Å². The van der Waals surface area contributed by atoms with Crippen LogP contribution in [-0.2, 0) is 4.74 Å². The number of urea groups is 1. The number of halogens is 1. The molecule has 3 rings (SSSR count). The fourth-order valence-electron chi connectivity index (χ4n) is 3.58. The maximum atomic E-state index is 12.2. The summed E-state index contributed by atoms with van der Waals surface area (Å²) in [5, 5.41) is 6.17. The van der Waals surface area contributed by atoms with Crippen molar-refractivity contribution in [2.24, 2.45) is 5.41 Å². The van der Waals surface area contributed by atoms with Crippen LogP contribution >= 0.6 is 11.6 Å². The molecule has 0 saturated heterocycles. The number of aryl methyl sites for hydroxylation is 1. The van der Waals surface area contributed by atoms with Gasteiger partial charge in [0, 0.05) is 23.8 Å². The van der Waals surface area contributed by atoms with Crippen LogP contribution in [0.2, 0.25) is 5.15 Å². The molecule has 2 saturated carbocycles. The Balaban J connectivity index is 1.58. The maximum absolute atomic E-state index is 12.2. The molecule has 2 N–H and O–H groups in total. The SMILES string of the molecule is CCOC1CC(NC(=O)Nc2ccc(C)nc2Cl)C12CCC2. The van der Waals surface area contributed by atoms with E-state index in [-0.39, 0.29) is 17.5 Å². The van der Waals surface area contributed by atoms with Gasteiger partial charge in [0.1, 0.15) is 0 Å². The summed E-state index contributed by atoms with van der Waals surface area (Å²) in [6.45, 7) is 4.61. The normalized spacial score (nSPS) is 25.2. The molecule has 0 radical (unpaired) electrons. The van der Waals surface area contributed by atoms with Crippen molar-refractivity contribution < 1.29 is 9.53 Å². The van der Waals surface area contributed by atoms with E-state index in [2.05, 4.69) is 15.6 Å². The largest absolute Gasteiger partial charge is 0.378 e. The van der Waals surface area contributed by atoms with Crippen molar-refractivity contribution in [3.63, 3.8) is 0 Å². The van der Waals surface area contributed by atoms with Crippen molar-refractivity contribution in [2.75, 3.05) is 11.9 Å². The molecule has 6 heteroatoms. The van der Waals surface area contributed by atoms with Crippen LogP contribution in [0, 0.1) is 12.3 Å².